The van der Waals surface area contributed by atoms with Gasteiger partial charge in [-0.15, -0.1) is 11.3 Å². The molecule has 0 unspecified atom stereocenters. The minimum atomic E-state index is -0.148. The van der Waals surface area contributed by atoms with Gasteiger partial charge in [0, 0.05) is 4.88 Å². The van der Waals surface area contributed by atoms with Gasteiger partial charge in [0.15, 0.2) is 5.65 Å². The minimum Gasteiger partial charge on any atom is -0.479 e. The molecule has 0 aliphatic heterocycles. The number of hydrogen-bond acceptors (Lipinski definition) is 5. The molecule has 16 heavy (non-hydrogen) atoms. The van der Waals surface area contributed by atoms with E-state index in [-0.39, 0.29) is 6.01 Å². The molecule has 6 heteroatoms. The van der Waals surface area contributed by atoms with Crippen LogP contribution in [0.1, 0.15) is 5.56 Å². The predicted molar refractivity (Wildman–Crippen MR) is 60.5 cm³/mol. The third kappa shape index (κ3) is 1.20. The van der Waals surface area contributed by atoms with Crippen molar-refractivity contribution in [3.05, 3.63) is 29.5 Å². The van der Waals surface area contributed by atoms with Crippen LogP contribution in [0.2, 0.25) is 0 Å². The Morgan fingerprint density at radius 3 is 3.00 bits per heavy atom. The molecule has 0 aromatic carbocycles. The first kappa shape index (κ1) is 9.29. The third-order valence-electron chi connectivity index (χ3n) is 2.39. The van der Waals surface area contributed by atoms with Gasteiger partial charge in [0.25, 0.3) is 0 Å². The second-order valence-electron chi connectivity index (χ2n) is 3.40. The standard InChI is InChI=1S/C10H8N4OS/c1-6-2-3-16-8(6)7-4-13-14-9(7)11-5-12-10(14)15/h2-5H,1H3,(H,11,12,15). The van der Waals surface area contributed by atoms with Gasteiger partial charge in [0.2, 0.25) is 0 Å². The molecule has 80 valence electrons. The highest BCUT2D eigenvalue weighted by Gasteiger charge is 2.13. The van der Waals surface area contributed by atoms with Crippen molar-refractivity contribution in [2.75, 3.05) is 0 Å². The van der Waals surface area contributed by atoms with Crippen molar-refractivity contribution in [1.82, 2.24) is 19.6 Å². The van der Waals surface area contributed by atoms with E-state index >= 15 is 0 Å². The first-order valence-electron chi connectivity index (χ1n) is 4.69. The van der Waals surface area contributed by atoms with Gasteiger partial charge in [0.05, 0.1) is 11.8 Å². The normalized spacial score (nSPS) is 11.1. The molecule has 3 aromatic heterocycles. The van der Waals surface area contributed by atoms with E-state index in [4.69, 9.17) is 0 Å². The molecule has 3 rings (SSSR count). The summed E-state index contributed by atoms with van der Waals surface area (Å²) >= 11 is 1.63. The van der Waals surface area contributed by atoms with Crippen LogP contribution in [-0.4, -0.2) is 24.7 Å². The zero-order valence-corrected chi connectivity index (χ0v) is 9.27. The fraction of sp³-hybridized carbons (Fsp3) is 0.100. The molecule has 0 saturated carbocycles. The lowest BCUT2D eigenvalue weighted by atomic mass is 10.2. The summed E-state index contributed by atoms with van der Waals surface area (Å²) in [5.41, 5.74) is 2.72. The van der Waals surface area contributed by atoms with E-state index in [1.165, 1.54) is 16.4 Å². The summed E-state index contributed by atoms with van der Waals surface area (Å²) in [5, 5.41) is 15.6. The van der Waals surface area contributed by atoms with Gasteiger partial charge < -0.3 is 5.11 Å². The zero-order chi connectivity index (χ0) is 11.1. The molecule has 0 spiro atoms. The Morgan fingerprint density at radius 1 is 1.38 bits per heavy atom. The summed E-state index contributed by atoms with van der Waals surface area (Å²) in [6, 6.07) is 1.90. The molecular formula is C10H8N4OS. The van der Waals surface area contributed by atoms with E-state index in [1.807, 2.05) is 18.4 Å². The van der Waals surface area contributed by atoms with Crippen LogP contribution in [0.4, 0.5) is 0 Å². The van der Waals surface area contributed by atoms with Crippen LogP contribution < -0.4 is 0 Å². The monoisotopic (exact) mass is 232 g/mol. The highest BCUT2D eigenvalue weighted by Crippen LogP contribution is 2.31. The quantitative estimate of drug-likeness (QED) is 0.695. The molecule has 5 nitrogen and oxygen atoms in total. The van der Waals surface area contributed by atoms with Crippen LogP contribution >= 0.6 is 11.3 Å². The molecule has 0 bridgehead atoms. The van der Waals surface area contributed by atoms with Crippen molar-refractivity contribution in [2.24, 2.45) is 0 Å². The molecule has 0 fully saturated rings. The van der Waals surface area contributed by atoms with E-state index in [0.717, 1.165) is 10.4 Å². The topological polar surface area (TPSA) is 63.3 Å². The van der Waals surface area contributed by atoms with Gasteiger partial charge in [-0.1, -0.05) is 0 Å². The maximum absolute atomic E-state index is 9.50. The fourth-order valence-corrected chi connectivity index (χ4v) is 2.54. The summed E-state index contributed by atoms with van der Waals surface area (Å²) in [7, 11) is 0. The zero-order valence-electron chi connectivity index (χ0n) is 8.45. The summed E-state index contributed by atoms with van der Waals surface area (Å²) < 4.78 is 1.33. The number of thiophene rings is 1. The highest BCUT2D eigenvalue weighted by atomic mass is 32.1. The molecule has 0 aliphatic carbocycles. The van der Waals surface area contributed by atoms with Crippen LogP contribution in [0.25, 0.3) is 16.1 Å². The Morgan fingerprint density at radius 2 is 2.25 bits per heavy atom. The number of nitrogens with zero attached hydrogens (tertiary/aromatic N) is 4. The number of aromatic nitrogens is 4. The van der Waals surface area contributed by atoms with Gasteiger partial charge >= 0.3 is 6.01 Å². The SMILES string of the molecule is Cc1ccsc1-c1cnn2c(O)ncnc12. The Hall–Kier alpha value is -1.95. The van der Waals surface area contributed by atoms with Gasteiger partial charge in [-0.3, -0.25) is 0 Å². The highest BCUT2D eigenvalue weighted by molar-refractivity contribution is 7.13. The van der Waals surface area contributed by atoms with Gasteiger partial charge in [-0.05, 0) is 23.9 Å². The Labute approximate surface area is 95.0 Å². The smallest absolute Gasteiger partial charge is 0.318 e. The Balaban J connectivity index is 2.34. The lowest BCUT2D eigenvalue weighted by Gasteiger charge is -1.97. The largest absolute Gasteiger partial charge is 0.479 e. The maximum atomic E-state index is 9.50. The number of aryl methyl sites for hydroxylation is 1. The minimum absolute atomic E-state index is 0.148. The lowest BCUT2D eigenvalue weighted by molar-refractivity contribution is 0.411. The van der Waals surface area contributed by atoms with Crippen molar-refractivity contribution >= 4 is 17.0 Å². The van der Waals surface area contributed by atoms with Crippen molar-refractivity contribution in [1.29, 1.82) is 0 Å². The fourth-order valence-electron chi connectivity index (χ4n) is 1.61. The van der Waals surface area contributed by atoms with Crippen molar-refractivity contribution in [3.8, 4) is 16.5 Å². The van der Waals surface area contributed by atoms with Crippen LogP contribution in [0.5, 0.6) is 6.01 Å². The summed E-state index contributed by atoms with van der Waals surface area (Å²) in [6.07, 6.45) is 3.03. The maximum Gasteiger partial charge on any atom is 0.318 e. The number of rotatable bonds is 1. The van der Waals surface area contributed by atoms with E-state index in [2.05, 4.69) is 15.1 Å². The van der Waals surface area contributed by atoms with Crippen LogP contribution in [0.3, 0.4) is 0 Å². The average Bonchev–Trinajstić information content (AvgIpc) is 2.84. The molecule has 3 aromatic rings. The lowest BCUT2D eigenvalue weighted by Crippen LogP contribution is -1.93. The van der Waals surface area contributed by atoms with Gasteiger partial charge in [-0.25, -0.2) is 4.98 Å². The van der Waals surface area contributed by atoms with Gasteiger partial charge in [-0.2, -0.15) is 14.6 Å². The van der Waals surface area contributed by atoms with E-state index in [0.29, 0.717) is 5.65 Å². The van der Waals surface area contributed by atoms with Crippen molar-refractivity contribution in [3.63, 3.8) is 0 Å². The van der Waals surface area contributed by atoms with Crippen LogP contribution in [-0.2, 0) is 0 Å². The van der Waals surface area contributed by atoms with Crippen LogP contribution in [0, 0.1) is 6.92 Å². The number of hydrogen-bond donors (Lipinski definition) is 1. The van der Waals surface area contributed by atoms with E-state index in [1.54, 1.807) is 17.5 Å². The second kappa shape index (κ2) is 3.28. The van der Waals surface area contributed by atoms with Crippen molar-refractivity contribution < 1.29 is 5.11 Å². The van der Waals surface area contributed by atoms with E-state index in [9.17, 15) is 5.11 Å². The van der Waals surface area contributed by atoms with Crippen LogP contribution in [0.15, 0.2) is 24.0 Å². The molecule has 0 saturated heterocycles. The first-order chi connectivity index (χ1) is 7.77. The second-order valence-corrected chi connectivity index (χ2v) is 4.32. The van der Waals surface area contributed by atoms with Gasteiger partial charge in [0.1, 0.15) is 6.33 Å². The Kier molecular flexibility index (Phi) is 1.90. The third-order valence-corrected chi connectivity index (χ3v) is 3.44. The van der Waals surface area contributed by atoms with Crippen molar-refractivity contribution in [2.45, 2.75) is 6.92 Å². The number of fused-ring (bicyclic) bond motifs is 1. The number of aromatic hydroxyl groups is 1. The molecule has 1 N–H and O–H groups in total. The first-order valence-corrected chi connectivity index (χ1v) is 5.57. The molecule has 3 heterocycles. The molecule has 0 amide bonds. The molecule has 0 atom stereocenters. The van der Waals surface area contributed by atoms with E-state index < -0.39 is 0 Å². The molecule has 0 radical (unpaired) electrons. The molecular weight excluding hydrogens is 224 g/mol. The summed E-state index contributed by atoms with van der Waals surface area (Å²) in [6.45, 7) is 2.04. The summed E-state index contributed by atoms with van der Waals surface area (Å²) in [4.78, 5) is 8.93. The Bertz CT molecular complexity index is 658. The predicted octanol–water partition coefficient (Wildman–Crippen LogP) is 1.87. The average molecular weight is 232 g/mol. The molecule has 0 aliphatic rings. The summed E-state index contributed by atoms with van der Waals surface area (Å²) in [5.74, 6) is 0.